The van der Waals surface area contributed by atoms with E-state index >= 15 is 0 Å². The SMILES string of the molecule is CCc1nc(N2CCN(Cc3cc(Cl)ccc3OC)CC2)c2c(C)c(C)sc2n1. The molecule has 5 nitrogen and oxygen atoms in total. The lowest BCUT2D eigenvalue weighted by atomic mass is 10.1. The van der Waals surface area contributed by atoms with Gasteiger partial charge in [-0.2, -0.15) is 0 Å². The first-order valence-electron chi connectivity index (χ1n) is 10.1. The number of hydrogen-bond donors (Lipinski definition) is 0. The minimum Gasteiger partial charge on any atom is -0.496 e. The molecule has 0 atom stereocenters. The zero-order valence-corrected chi connectivity index (χ0v) is 19.0. The molecule has 2 aromatic heterocycles. The molecule has 1 fully saturated rings. The molecular formula is C22H27ClN4OS. The van der Waals surface area contributed by atoms with Crippen LogP contribution in [-0.2, 0) is 13.0 Å². The van der Waals surface area contributed by atoms with Crippen LogP contribution in [-0.4, -0.2) is 48.2 Å². The zero-order chi connectivity index (χ0) is 20.5. The summed E-state index contributed by atoms with van der Waals surface area (Å²) in [5, 5.41) is 1.98. The number of nitrogens with zero attached hydrogens (tertiary/aromatic N) is 4. The second-order valence-corrected chi connectivity index (χ2v) is 9.14. The summed E-state index contributed by atoms with van der Waals surface area (Å²) in [5.41, 5.74) is 2.45. The molecule has 0 saturated carbocycles. The summed E-state index contributed by atoms with van der Waals surface area (Å²) in [5.74, 6) is 2.93. The van der Waals surface area contributed by atoms with Crippen LogP contribution in [0.4, 0.5) is 5.82 Å². The summed E-state index contributed by atoms with van der Waals surface area (Å²) >= 11 is 7.98. The Labute approximate surface area is 181 Å². The predicted molar refractivity (Wildman–Crippen MR) is 122 cm³/mol. The molecule has 7 heteroatoms. The molecule has 1 aliphatic rings. The number of thiophene rings is 1. The summed E-state index contributed by atoms with van der Waals surface area (Å²) in [4.78, 5) is 17.0. The second kappa shape index (κ2) is 8.46. The highest BCUT2D eigenvalue weighted by Gasteiger charge is 2.23. The Kier molecular flexibility index (Phi) is 5.95. The Morgan fingerprint density at radius 3 is 2.59 bits per heavy atom. The van der Waals surface area contributed by atoms with Gasteiger partial charge >= 0.3 is 0 Å². The topological polar surface area (TPSA) is 41.5 Å². The smallest absolute Gasteiger partial charge is 0.141 e. The third-order valence-electron chi connectivity index (χ3n) is 5.68. The molecule has 0 bridgehead atoms. The minimum atomic E-state index is 0.748. The number of rotatable bonds is 5. The van der Waals surface area contributed by atoms with Crippen LogP contribution in [0.1, 0.15) is 28.8 Å². The lowest BCUT2D eigenvalue weighted by Crippen LogP contribution is -2.46. The van der Waals surface area contributed by atoms with E-state index in [0.29, 0.717) is 0 Å². The molecule has 154 valence electrons. The van der Waals surface area contributed by atoms with Crippen molar-refractivity contribution in [2.45, 2.75) is 33.7 Å². The third-order valence-corrected chi connectivity index (χ3v) is 7.02. The summed E-state index contributed by atoms with van der Waals surface area (Å²) in [6, 6.07) is 5.82. The van der Waals surface area contributed by atoms with E-state index in [0.717, 1.165) is 72.0 Å². The van der Waals surface area contributed by atoms with Crippen LogP contribution in [0.15, 0.2) is 18.2 Å². The number of aromatic nitrogens is 2. The third kappa shape index (κ3) is 4.06. The highest BCUT2D eigenvalue weighted by molar-refractivity contribution is 7.18. The van der Waals surface area contributed by atoms with Crippen LogP contribution in [0.25, 0.3) is 10.2 Å². The first kappa shape index (κ1) is 20.4. The van der Waals surface area contributed by atoms with Crippen LogP contribution in [0.3, 0.4) is 0 Å². The Morgan fingerprint density at radius 1 is 1.14 bits per heavy atom. The maximum absolute atomic E-state index is 6.20. The number of fused-ring (bicyclic) bond motifs is 1. The Hall–Kier alpha value is -1.89. The van der Waals surface area contributed by atoms with Gasteiger partial charge < -0.3 is 9.64 Å². The van der Waals surface area contributed by atoms with Crippen molar-refractivity contribution in [3.8, 4) is 5.75 Å². The first-order chi connectivity index (χ1) is 14.0. The van der Waals surface area contributed by atoms with Crippen molar-refractivity contribution in [2.24, 2.45) is 0 Å². The zero-order valence-electron chi connectivity index (χ0n) is 17.5. The van der Waals surface area contributed by atoms with Crippen molar-refractivity contribution < 1.29 is 4.74 Å². The summed E-state index contributed by atoms with van der Waals surface area (Å²) in [7, 11) is 1.71. The molecule has 3 heterocycles. The molecule has 29 heavy (non-hydrogen) atoms. The van der Waals surface area contributed by atoms with E-state index in [9.17, 15) is 0 Å². The molecule has 0 unspecified atom stereocenters. The van der Waals surface area contributed by atoms with Gasteiger partial charge in [0.25, 0.3) is 0 Å². The molecule has 4 rings (SSSR count). The van der Waals surface area contributed by atoms with Crippen molar-refractivity contribution in [1.29, 1.82) is 0 Å². The van der Waals surface area contributed by atoms with Crippen LogP contribution in [0.5, 0.6) is 5.75 Å². The Bertz CT molecular complexity index is 1030. The Balaban J connectivity index is 1.54. The minimum absolute atomic E-state index is 0.748. The van der Waals surface area contributed by atoms with Gasteiger partial charge in [-0.25, -0.2) is 9.97 Å². The van der Waals surface area contributed by atoms with Crippen LogP contribution in [0, 0.1) is 13.8 Å². The summed E-state index contributed by atoms with van der Waals surface area (Å²) in [6.45, 7) is 11.2. The average molecular weight is 431 g/mol. The molecule has 0 N–H and O–H groups in total. The molecule has 0 amide bonds. The summed E-state index contributed by atoms with van der Waals surface area (Å²) < 4.78 is 5.51. The fourth-order valence-electron chi connectivity index (χ4n) is 3.89. The number of halogens is 1. The largest absolute Gasteiger partial charge is 0.496 e. The molecule has 1 saturated heterocycles. The summed E-state index contributed by atoms with van der Waals surface area (Å²) in [6.07, 6.45) is 0.855. The molecule has 0 radical (unpaired) electrons. The fraction of sp³-hybridized carbons (Fsp3) is 0.455. The van der Waals surface area contributed by atoms with Gasteiger partial charge in [-0.15, -0.1) is 11.3 Å². The van der Waals surface area contributed by atoms with Gasteiger partial charge in [0.15, 0.2) is 0 Å². The monoisotopic (exact) mass is 430 g/mol. The van der Waals surface area contributed by atoms with Crippen LogP contribution >= 0.6 is 22.9 Å². The Morgan fingerprint density at radius 2 is 1.90 bits per heavy atom. The van der Waals surface area contributed by atoms with Gasteiger partial charge in [-0.1, -0.05) is 18.5 Å². The maximum atomic E-state index is 6.20. The van der Waals surface area contributed by atoms with Crippen molar-refractivity contribution >= 4 is 39.0 Å². The normalized spacial score (nSPS) is 15.3. The van der Waals surface area contributed by atoms with E-state index in [1.807, 2.05) is 18.2 Å². The molecule has 0 spiro atoms. The standard InChI is InChI=1S/C22H27ClN4OS/c1-5-19-24-21(20-14(2)15(3)29-22(20)25-19)27-10-8-26(9-11-27)13-16-12-17(23)6-7-18(16)28-4/h6-7,12H,5,8-11,13H2,1-4H3. The molecule has 1 aliphatic heterocycles. The number of hydrogen-bond acceptors (Lipinski definition) is 6. The van der Waals surface area contributed by atoms with E-state index in [2.05, 4.69) is 30.6 Å². The fourth-order valence-corrected chi connectivity index (χ4v) is 5.13. The number of ether oxygens (including phenoxy) is 1. The highest BCUT2D eigenvalue weighted by atomic mass is 35.5. The van der Waals surface area contributed by atoms with E-state index in [1.54, 1.807) is 18.4 Å². The van der Waals surface area contributed by atoms with Gasteiger partial charge in [-0.05, 0) is 37.6 Å². The van der Waals surface area contributed by atoms with Crippen molar-refractivity contribution in [2.75, 3.05) is 38.2 Å². The van der Waals surface area contributed by atoms with E-state index < -0.39 is 0 Å². The lowest BCUT2D eigenvalue weighted by Gasteiger charge is -2.36. The molecule has 3 aromatic rings. The highest BCUT2D eigenvalue weighted by Crippen LogP contribution is 2.35. The molecule has 0 aliphatic carbocycles. The van der Waals surface area contributed by atoms with Crippen molar-refractivity contribution in [1.82, 2.24) is 14.9 Å². The van der Waals surface area contributed by atoms with Crippen molar-refractivity contribution in [3.63, 3.8) is 0 Å². The van der Waals surface area contributed by atoms with Crippen molar-refractivity contribution in [3.05, 3.63) is 45.1 Å². The van der Waals surface area contributed by atoms with Gasteiger partial charge in [0.1, 0.15) is 22.2 Å². The van der Waals surface area contributed by atoms with E-state index in [-0.39, 0.29) is 0 Å². The van der Waals surface area contributed by atoms with Gasteiger partial charge in [0.2, 0.25) is 0 Å². The van der Waals surface area contributed by atoms with Crippen LogP contribution in [0.2, 0.25) is 5.02 Å². The van der Waals surface area contributed by atoms with Crippen LogP contribution < -0.4 is 9.64 Å². The number of aryl methyl sites for hydroxylation is 3. The average Bonchev–Trinajstić information content (AvgIpc) is 3.02. The number of benzene rings is 1. The number of methoxy groups -OCH3 is 1. The second-order valence-electron chi connectivity index (χ2n) is 7.50. The lowest BCUT2D eigenvalue weighted by molar-refractivity contribution is 0.245. The molecular weight excluding hydrogens is 404 g/mol. The quantitative estimate of drug-likeness (QED) is 0.578. The van der Waals surface area contributed by atoms with E-state index in [1.165, 1.54) is 15.8 Å². The molecule has 1 aromatic carbocycles. The predicted octanol–water partition coefficient (Wildman–Crippen LogP) is 4.85. The van der Waals surface area contributed by atoms with Gasteiger partial charge in [0, 0.05) is 54.6 Å². The van der Waals surface area contributed by atoms with E-state index in [4.69, 9.17) is 26.3 Å². The first-order valence-corrected chi connectivity index (χ1v) is 11.3. The number of piperazine rings is 1. The van der Waals surface area contributed by atoms with Gasteiger partial charge in [-0.3, -0.25) is 4.90 Å². The maximum Gasteiger partial charge on any atom is 0.141 e. The number of anilines is 1. The van der Waals surface area contributed by atoms with Gasteiger partial charge in [0.05, 0.1) is 12.5 Å².